The Morgan fingerprint density at radius 1 is 1.10 bits per heavy atom. The average molecular weight is 510 g/mol. The van der Waals surface area contributed by atoms with Gasteiger partial charge in [-0.3, -0.25) is 10.0 Å². The first kappa shape index (κ1) is 24.9. The quantitative estimate of drug-likeness (QED) is 0.177. The Balaban J connectivity index is 2.26. The fraction of sp³-hybridized carbons (Fsp3) is 0.318. The van der Waals surface area contributed by atoms with Gasteiger partial charge >= 0.3 is 11.9 Å². The Kier molecular flexibility index (Phi) is 9.54. The largest absolute Gasteiger partial charge is 0.464 e. The molecule has 2 aromatic rings. The van der Waals surface area contributed by atoms with E-state index < -0.39 is 34.0 Å². The van der Waals surface area contributed by atoms with Crippen LogP contribution in [0.3, 0.4) is 0 Å². The molecule has 0 unspecified atom stereocenters. The van der Waals surface area contributed by atoms with Gasteiger partial charge in [0.15, 0.2) is 6.04 Å². The third-order valence-corrected chi connectivity index (χ3v) is 5.76. The van der Waals surface area contributed by atoms with E-state index in [1.54, 1.807) is 74.7 Å². The van der Waals surface area contributed by atoms with Crippen LogP contribution in [0, 0.1) is 0 Å². The second-order valence-corrected chi connectivity index (χ2v) is 8.83. The lowest BCUT2D eigenvalue weighted by molar-refractivity contribution is -0.187. The van der Waals surface area contributed by atoms with Crippen molar-refractivity contribution in [3.63, 3.8) is 0 Å². The smallest absolute Gasteiger partial charge is 0.343 e. The number of thioether (sulfide) groups is 1. The number of hydrogen-bond acceptors (Lipinski definition) is 7. The lowest BCUT2D eigenvalue weighted by Crippen LogP contribution is -2.48. The van der Waals surface area contributed by atoms with Crippen LogP contribution in [0.25, 0.3) is 0 Å². The molecule has 0 saturated carbocycles. The van der Waals surface area contributed by atoms with Crippen LogP contribution in [-0.4, -0.2) is 51.8 Å². The summed E-state index contributed by atoms with van der Waals surface area (Å²) in [6.45, 7) is 3.31. The zero-order chi connectivity index (χ0) is 23.0. The molecule has 166 valence electrons. The van der Waals surface area contributed by atoms with Gasteiger partial charge in [-0.2, -0.15) is 11.8 Å². The summed E-state index contributed by atoms with van der Waals surface area (Å²) in [6, 6.07) is 13.9. The number of esters is 2. The summed E-state index contributed by atoms with van der Waals surface area (Å²) in [5, 5.41) is 10.3. The molecular formula is C22H24BrNO6S. The van der Waals surface area contributed by atoms with Crippen LogP contribution < -0.4 is 4.74 Å². The molecule has 0 spiro atoms. The van der Waals surface area contributed by atoms with Crippen molar-refractivity contribution in [2.24, 2.45) is 0 Å². The van der Waals surface area contributed by atoms with Crippen LogP contribution in [-0.2, 0) is 14.3 Å². The molecule has 0 aliphatic heterocycles. The first-order chi connectivity index (χ1) is 14.8. The predicted molar refractivity (Wildman–Crippen MR) is 122 cm³/mol. The van der Waals surface area contributed by atoms with Crippen LogP contribution in [0.15, 0.2) is 54.6 Å². The van der Waals surface area contributed by atoms with Gasteiger partial charge in [-0.1, -0.05) is 46.3 Å². The topological polar surface area (TPSA) is 93.1 Å². The van der Waals surface area contributed by atoms with E-state index in [4.69, 9.17) is 9.47 Å². The van der Waals surface area contributed by atoms with E-state index in [0.29, 0.717) is 21.9 Å². The molecule has 0 aromatic heterocycles. The zero-order valence-electron chi connectivity index (χ0n) is 17.4. The Morgan fingerprint density at radius 3 is 2.23 bits per heavy atom. The second-order valence-electron chi connectivity index (χ2n) is 6.48. The summed E-state index contributed by atoms with van der Waals surface area (Å²) in [5.41, 5.74) is 1.08. The van der Waals surface area contributed by atoms with Crippen LogP contribution >= 0.6 is 27.7 Å². The number of halogens is 1. The zero-order valence-corrected chi connectivity index (χ0v) is 19.8. The van der Waals surface area contributed by atoms with E-state index in [1.165, 1.54) is 11.8 Å². The number of hydrogen-bond donors (Lipinski definition) is 1. The summed E-state index contributed by atoms with van der Waals surface area (Å²) >= 11 is 4.40. The summed E-state index contributed by atoms with van der Waals surface area (Å²) in [5.74, 6) is -1.54. The van der Waals surface area contributed by atoms with Crippen molar-refractivity contribution in [1.82, 2.24) is 5.06 Å². The molecule has 7 nitrogen and oxygen atoms in total. The second kappa shape index (κ2) is 11.9. The molecule has 1 amide bonds. The lowest BCUT2D eigenvalue weighted by atomic mass is 10.0. The minimum Gasteiger partial charge on any atom is -0.464 e. The minimum atomic E-state index is -1.25. The van der Waals surface area contributed by atoms with Gasteiger partial charge in [0, 0.05) is 0 Å². The molecule has 3 atom stereocenters. The van der Waals surface area contributed by atoms with Gasteiger partial charge in [0.05, 0.1) is 22.2 Å². The van der Waals surface area contributed by atoms with Crippen LogP contribution in [0.1, 0.15) is 35.0 Å². The molecule has 2 rings (SSSR count). The summed E-state index contributed by atoms with van der Waals surface area (Å²) in [6.07, 6.45) is 1.76. The molecule has 0 aliphatic carbocycles. The van der Waals surface area contributed by atoms with E-state index in [0.717, 1.165) is 0 Å². The number of carbonyl (C=O) groups is 3. The molecule has 0 saturated heterocycles. The van der Waals surface area contributed by atoms with E-state index in [1.807, 2.05) is 0 Å². The fourth-order valence-corrected chi connectivity index (χ4v) is 3.93. The molecule has 9 heteroatoms. The molecule has 0 bridgehead atoms. The highest BCUT2D eigenvalue weighted by Gasteiger charge is 2.39. The number of hydroxylamine groups is 2. The highest BCUT2D eigenvalue weighted by atomic mass is 79.9. The Morgan fingerprint density at radius 2 is 1.71 bits per heavy atom. The number of ether oxygens (including phenoxy) is 2. The van der Waals surface area contributed by atoms with Gasteiger partial charge in [0.25, 0.3) is 5.91 Å². The third kappa shape index (κ3) is 6.56. The van der Waals surface area contributed by atoms with Crippen molar-refractivity contribution in [3.05, 3.63) is 65.7 Å². The van der Waals surface area contributed by atoms with E-state index in [9.17, 15) is 19.6 Å². The van der Waals surface area contributed by atoms with Crippen molar-refractivity contribution in [3.8, 4) is 5.75 Å². The molecule has 1 N–H and O–H groups in total. The van der Waals surface area contributed by atoms with Crippen LogP contribution in [0.4, 0.5) is 0 Å². The highest BCUT2D eigenvalue weighted by molar-refractivity contribution is 9.10. The Hall–Kier alpha value is -2.36. The standard InChI is InChI=1S/C22H24BrNO6S/c1-4-29-22(27)18(24(28)20(25)14(2)23)19(31-3)15-10-12-17(13-11-15)30-21(26)16-8-6-5-7-9-16/h5-14,18-19,28H,4H2,1-3H3/t14-,18-,19+/m1/s1. The summed E-state index contributed by atoms with van der Waals surface area (Å²) in [4.78, 5) is 36.4. The lowest BCUT2D eigenvalue weighted by Gasteiger charge is -2.31. The Bertz CT molecular complexity index is 891. The van der Waals surface area contributed by atoms with E-state index in [-0.39, 0.29) is 6.61 Å². The average Bonchev–Trinajstić information content (AvgIpc) is 2.77. The number of carbonyl (C=O) groups excluding carboxylic acids is 3. The Labute approximate surface area is 193 Å². The van der Waals surface area contributed by atoms with Crippen LogP contribution in [0.5, 0.6) is 5.75 Å². The van der Waals surface area contributed by atoms with Gasteiger partial charge in [-0.25, -0.2) is 14.7 Å². The van der Waals surface area contributed by atoms with Crippen molar-refractivity contribution >= 4 is 45.5 Å². The molecule has 0 radical (unpaired) electrons. The first-order valence-corrected chi connectivity index (χ1v) is 11.7. The normalized spacial score (nSPS) is 13.6. The van der Waals surface area contributed by atoms with Crippen LogP contribution in [0.2, 0.25) is 0 Å². The number of rotatable bonds is 9. The van der Waals surface area contributed by atoms with E-state index in [2.05, 4.69) is 15.9 Å². The van der Waals surface area contributed by atoms with Gasteiger partial charge in [-0.05, 0) is 49.9 Å². The molecule has 31 heavy (non-hydrogen) atoms. The predicted octanol–water partition coefficient (Wildman–Crippen LogP) is 4.24. The first-order valence-electron chi connectivity index (χ1n) is 9.52. The number of alkyl halides is 1. The number of nitrogens with zero attached hydrogens (tertiary/aromatic N) is 1. The molecule has 0 heterocycles. The van der Waals surface area contributed by atoms with Gasteiger partial charge in [0.1, 0.15) is 5.75 Å². The van der Waals surface area contributed by atoms with Gasteiger partial charge < -0.3 is 9.47 Å². The van der Waals surface area contributed by atoms with Gasteiger partial charge in [0.2, 0.25) is 0 Å². The fourth-order valence-electron chi connectivity index (χ4n) is 2.81. The summed E-state index contributed by atoms with van der Waals surface area (Å²) in [7, 11) is 0. The van der Waals surface area contributed by atoms with Crippen molar-refractivity contribution in [1.29, 1.82) is 0 Å². The van der Waals surface area contributed by atoms with Gasteiger partial charge in [-0.15, -0.1) is 0 Å². The van der Waals surface area contributed by atoms with E-state index >= 15 is 0 Å². The molecule has 0 aliphatic rings. The van der Waals surface area contributed by atoms with Crippen molar-refractivity contribution < 1.29 is 29.1 Å². The number of amides is 1. The summed E-state index contributed by atoms with van der Waals surface area (Å²) < 4.78 is 10.5. The number of benzene rings is 2. The molecule has 0 fully saturated rings. The minimum absolute atomic E-state index is 0.108. The maximum absolute atomic E-state index is 12.6. The highest BCUT2D eigenvalue weighted by Crippen LogP contribution is 2.35. The van der Waals surface area contributed by atoms with Crippen molar-refractivity contribution in [2.75, 3.05) is 12.9 Å². The molecule has 2 aromatic carbocycles. The SMILES string of the molecule is CCOC(=O)[C@@H]([C@@H](SC)c1ccc(OC(=O)c2ccccc2)cc1)N(O)C(=O)[C@@H](C)Br. The maximum Gasteiger partial charge on any atom is 0.343 e. The van der Waals surface area contributed by atoms with Crippen molar-refractivity contribution in [2.45, 2.75) is 30.0 Å². The monoisotopic (exact) mass is 509 g/mol. The maximum atomic E-state index is 12.6. The molecular weight excluding hydrogens is 486 g/mol. The third-order valence-electron chi connectivity index (χ3n) is 4.33.